The minimum absolute atomic E-state index is 0.0194. The summed E-state index contributed by atoms with van der Waals surface area (Å²) in [5.41, 5.74) is 4.69. The van der Waals surface area contributed by atoms with Crippen LogP contribution in [0.2, 0.25) is 10.0 Å². The largest absolute Gasteiger partial charge is 0.344 e. The van der Waals surface area contributed by atoms with Gasteiger partial charge in [0.2, 0.25) is 11.8 Å². The highest BCUT2D eigenvalue weighted by atomic mass is 35.5. The lowest BCUT2D eigenvalue weighted by Crippen LogP contribution is -2.50. The van der Waals surface area contributed by atoms with Crippen LogP contribution in [0.4, 0.5) is 0 Å². The molecule has 0 aromatic heterocycles. The molecule has 4 rings (SSSR count). The number of halogens is 2. The average Bonchev–Trinajstić information content (AvgIpc) is 3.08. The summed E-state index contributed by atoms with van der Waals surface area (Å²) in [5, 5.41) is 8.05. The molecular formula is C39H54Cl2N4O2. The van der Waals surface area contributed by atoms with Crippen molar-refractivity contribution in [2.24, 2.45) is 0 Å². The molecule has 0 spiro atoms. The van der Waals surface area contributed by atoms with Crippen LogP contribution in [-0.2, 0) is 22.4 Å². The van der Waals surface area contributed by atoms with E-state index in [2.05, 4.69) is 74.4 Å². The van der Waals surface area contributed by atoms with Gasteiger partial charge in [0, 0.05) is 48.6 Å². The van der Waals surface area contributed by atoms with Crippen molar-refractivity contribution >= 4 is 35.0 Å². The van der Waals surface area contributed by atoms with E-state index in [-0.39, 0.29) is 17.9 Å². The third-order valence-electron chi connectivity index (χ3n) is 8.75. The number of hydrogen-bond acceptors (Lipinski definition) is 4. The molecule has 8 heteroatoms. The van der Waals surface area contributed by atoms with Crippen LogP contribution in [0.15, 0.2) is 72.8 Å². The molecule has 3 aromatic rings. The van der Waals surface area contributed by atoms with Crippen LogP contribution in [0.25, 0.3) is 0 Å². The standard InChI is InChI=1S/C26H34ClN3O2.C13H20ClN/c1-3-15-30(16-4-2)26(32)24(17-19-9-11-21(27)12-10-19)29-25(31)18-23-22-8-6-5-7-20(22)13-14-28-23;1-4-15(5-2)10-11(3)12-8-6-7-9-13(12)14/h5-12,23-24,28H,3-4,13-18H2,1-2H3,(H,29,31);6-9,11H,4-5,10H2,1-3H3. The number of nitrogens with zero attached hydrogens (tertiary/aromatic N) is 2. The third kappa shape index (κ3) is 12.2. The summed E-state index contributed by atoms with van der Waals surface area (Å²) in [6, 6.07) is 23.2. The van der Waals surface area contributed by atoms with Crippen LogP contribution in [0.5, 0.6) is 0 Å². The minimum atomic E-state index is -0.597. The van der Waals surface area contributed by atoms with Crippen molar-refractivity contribution in [1.82, 2.24) is 20.4 Å². The summed E-state index contributed by atoms with van der Waals surface area (Å²) in [6.07, 6.45) is 3.49. The first-order valence-corrected chi connectivity index (χ1v) is 18.1. The van der Waals surface area contributed by atoms with Gasteiger partial charge >= 0.3 is 0 Å². The molecule has 0 radical (unpaired) electrons. The molecule has 3 aromatic carbocycles. The van der Waals surface area contributed by atoms with Crippen LogP contribution >= 0.6 is 23.2 Å². The van der Waals surface area contributed by atoms with E-state index in [1.165, 1.54) is 16.7 Å². The van der Waals surface area contributed by atoms with Crippen LogP contribution < -0.4 is 10.6 Å². The van der Waals surface area contributed by atoms with Gasteiger partial charge in [-0.15, -0.1) is 0 Å². The van der Waals surface area contributed by atoms with Gasteiger partial charge in [0.1, 0.15) is 6.04 Å². The Morgan fingerprint density at radius 1 is 0.894 bits per heavy atom. The Morgan fingerprint density at radius 2 is 1.53 bits per heavy atom. The third-order valence-corrected chi connectivity index (χ3v) is 9.35. The molecule has 0 bridgehead atoms. The van der Waals surface area contributed by atoms with Gasteiger partial charge < -0.3 is 20.4 Å². The molecule has 0 aliphatic carbocycles. The van der Waals surface area contributed by atoms with E-state index in [0.29, 0.717) is 36.9 Å². The molecule has 3 atom stereocenters. The van der Waals surface area contributed by atoms with Gasteiger partial charge in [-0.3, -0.25) is 9.59 Å². The smallest absolute Gasteiger partial charge is 0.245 e. The summed E-state index contributed by atoms with van der Waals surface area (Å²) >= 11 is 12.2. The summed E-state index contributed by atoms with van der Waals surface area (Å²) in [6.45, 7) is 16.3. The molecule has 1 aliphatic heterocycles. The number of rotatable bonds is 15. The van der Waals surface area contributed by atoms with Gasteiger partial charge in [0.25, 0.3) is 0 Å². The zero-order valence-electron chi connectivity index (χ0n) is 28.9. The number of benzene rings is 3. The highest BCUT2D eigenvalue weighted by Gasteiger charge is 2.28. The molecule has 0 fully saturated rings. The van der Waals surface area contributed by atoms with Crippen LogP contribution in [-0.4, -0.2) is 66.9 Å². The summed E-state index contributed by atoms with van der Waals surface area (Å²) in [7, 11) is 0. The molecule has 1 heterocycles. The number of nitrogens with one attached hydrogen (secondary N) is 2. The SMILES string of the molecule is CCCN(CCC)C(=O)C(Cc1ccc(Cl)cc1)NC(=O)CC1NCCc2ccccc21.CCN(CC)CC(C)c1ccccc1Cl. The van der Waals surface area contributed by atoms with E-state index in [1.54, 1.807) is 0 Å². The van der Waals surface area contributed by atoms with E-state index in [1.807, 2.05) is 53.4 Å². The van der Waals surface area contributed by atoms with Crippen molar-refractivity contribution in [1.29, 1.82) is 0 Å². The Kier molecular flexibility index (Phi) is 16.8. The fourth-order valence-electron chi connectivity index (χ4n) is 6.20. The van der Waals surface area contributed by atoms with Gasteiger partial charge in [0.05, 0.1) is 0 Å². The van der Waals surface area contributed by atoms with Crippen molar-refractivity contribution in [2.75, 3.05) is 39.3 Å². The first kappa shape index (κ1) is 38.5. The second-order valence-corrected chi connectivity index (χ2v) is 13.2. The first-order valence-electron chi connectivity index (χ1n) is 17.3. The van der Waals surface area contributed by atoms with E-state index in [9.17, 15) is 9.59 Å². The first-order chi connectivity index (χ1) is 22.7. The maximum Gasteiger partial charge on any atom is 0.245 e. The van der Waals surface area contributed by atoms with Crippen molar-refractivity contribution in [3.63, 3.8) is 0 Å². The fourth-order valence-corrected chi connectivity index (χ4v) is 6.65. The van der Waals surface area contributed by atoms with E-state index in [4.69, 9.17) is 23.2 Å². The summed E-state index contributed by atoms with van der Waals surface area (Å²) in [5.74, 6) is 0.368. The van der Waals surface area contributed by atoms with Crippen molar-refractivity contribution in [3.05, 3.63) is 105 Å². The molecule has 6 nitrogen and oxygen atoms in total. The van der Waals surface area contributed by atoms with E-state index >= 15 is 0 Å². The lowest BCUT2D eigenvalue weighted by Gasteiger charge is -2.29. The molecule has 47 heavy (non-hydrogen) atoms. The zero-order valence-corrected chi connectivity index (χ0v) is 30.4. The van der Waals surface area contributed by atoms with Crippen molar-refractivity contribution < 1.29 is 9.59 Å². The Morgan fingerprint density at radius 3 is 2.17 bits per heavy atom. The predicted octanol–water partition coefficient (Wildman–Crippen LogP) is 8.08. The highest BCUT2D eigenvalue weighted by Crippen LogP contribution is 2.26. The highest BCUT2D eigenvalue weighted by molar-refractivity contribution is 6.31. The van der Waals surface area contributed by atoms with Gasteiger partial charge in [-0.1, -0.05) is 112 Å². The quantitative estimate of drug-likeness (QED) is 0.170. The number of hydrogen-bond donors (Lipinski definition) is 2. The second kappa shape index (κ2) is 20.5. The molecule has 3 unspecified atom stereocenters. The van der Waals surface area contributed by atoms with Crippen molar-refractivity contribution in [3.8, 4) is 0 Å². The number of carbonyl (C=O) groups is 2. The van der Waals surface area contributed by atoms with Gasteiger partial charge in [-0.05, 0) is 85.3 Å². The van der Waals surface area contributed by atoms with Gasteiger partial charge in [-0.25, -0.2) is 0 Å². The number of fused-ring (bicyclic) bond motifs is 1. The Labute approximate surface area is 293 Å². The molecule has 0 saturated heterocycles. The Balaban J connectivity index is 0.000000335. The number of carbonyl (C=O) groups excluding carboxylic acids is 2. The van der Waals surface area contributed by atoms with Crippen LogP contribution in [0.1, 0.15) is 88.1 Å². The Bertz CT molecular complexity index is 1370. The number of likely N-dealkylation sites (N-methyl/N-ethyl adjacent to an activating group) is 1. The van der Waals surface area contributed by atoms with Gasteiger partial charge in [0.15, 0.2) is 0 Å². The van der Waals surface area contributed by atoms with E-state index < -0.39 is 6.04 Å². The van der Waals surface area contributed by atoms with E-state index in [0.717, 1.165) is 56.0 Å². The van der Waals surface area contributed by atoms with Crippen molar-refractivity contribution in [2.45, 2.75) is 84.7 Å². The average molecular weight is 682 g/mol. The molecule has 2 N–H and O–H groups in total. The maximum absolute atomic E-state index is 13.4. The van der Waals surface area contributed by atoms with Crippen LogP contribution in [0, 0.1) is 0 Å². The monoisotopic (exact) mass is 680 g/mol. The second-order valence-electron chi connectivity index (χ2n) is 12.3. The van der Waals surface area contributed by atoms with Crippen LogP contribution in [0.3, 0.4) is 0 Å². The Hall–Kier alpha value is -2.90. The normalized spacial score (nSPS) is 15.2. The molecule has 2 amide bonds. The van der Waals surface area contributed by atoms with Gasteiger partial charge in [-0.2, -0.15) is 0 Å². The summed E-state index contributed by atoms with van der Waals surface area (Å²) < 4.78 is 0. The molecular weight excluding hydrogens is 627 g/mol. The minimum Gasteiger partial charge on any atom is -0.344 e. The lowest BCUT2D eigenvalue weighted by molar-refractivity contribution is -0.136. The molecule has 0 saturated carbocycles. The fraction of sp³-hybridized carbons (Fsp3) is 0.487. The number of amides is 2. The predicted molar refractivity (Wildman–Crippen MR) is 197 cm³/mol. The topological polar surface area (TPSA) is 64.7 Å². The zero-order chi connectivity index (χ0) is 34.2. The lowest BCUT2D eigenvalue weighted by atomic mass is 9.92. The summed E-state index contributed by atoms with van der Waals surface area (Å²) in [4.78, 5) is 30.8. The molecule has 1 aliphatic rings. The molecule has 256 valence electrons. The maximum atomic E-state index is 13.4.